The van der Waals surface area contributed by atoms with Crippen molar-refractivity contribution in [3.63, 3.8) is 0 Å². The molecule has 1 unspecified atom stereocenters. The van der Waals surface area contributed by atoms with Crippen molar-refractivity contribution in [1.29, 1.82) is 0 Å². The monoisotopic (exact) mass is 785 g/mol. The maximum absolute atomic E-state index is 14.2. The molecular formula is C39H49F2N13O3. The van der Waals surface area contributed by atoms with Gasteiger partial charge in [0.1, 0.15) is 11.4 Å². The number of amides is 3. The number of aryl methyl sites for hydroxylation is 1. The van der Waals surface area contributed by atoms with Crippen LogP contribution in [0.4, 0.5) is 26.0 Å². The SMILES string of the molecule is CN(CC1CCC(n2cc(NC(=O)c3cnn4ccc(NCCN)nc34)c(C(F)F)n2)CC1)C1CCN(c2ccc3c(C4CCC(=O)NC4=O)nn(C)c3c2)CC1. The topological polar surface area (TPSA) is 186 Å². The minimum absolute atomic E-state index is 0.0165. The van der Waals surface area contributed by atoms with Gasteiger partial charge in [-0.2, -0.15) is 15.3 Å². The van der Waals surface area contributed by atoms with Gasteiger partial charge in [0.05, 0.1) is 35.1 Å². The molecule has 6 heterocycles. The highest BCUT2D eigenvalue weighted by atomic mass is 19.3. The van der Waals surface area contributed by atoms with Crippen molar-refractivity contribution in [2.24, 2.45) is 18.7 Å². The number of fused-ring (bicyclic) bond motifs is 2. The molecule has 8 rings (SSSR count). The summed E-state index contributed by atoms with van der Waals surface area (Å²) in [6.45, 7) is 3.74. The molecule has 2 aliphatic heterocycles. The zero-order valence-electron chi connectivity index (χ0n) is 32.2. The number of hydrogen-bond donors (Lipinski definition) is 4. The van der Waals surface area contributed by atoms with E-state index in [2.05, 4.69) is 66.2 Å². The summed E-state index contributed by atoms with van der Waals surface area (Å²) in [5, 5.41) is 22.3. The van der Waals surface area contributed by atoms with Crippen LogP contribution in [0.3, 0.4) is 0 Å². The number of anilines is 3. The first kappa shape index (κ1) is 38.4. The fraction of sp³-hybridized carbons (Fsp3) is 0.513. The van der Waals surface area contributed by atoms with E-state index in [1.54, 1.807) is 16.9 Å². The van der Waals surface area contributed by atoms with Crippen LogP contribution in [-0.2, 0) is 16.6 Å². The molecule has 5 aromatic rings. The van der Waals surface area contributed by atoms with Gasteiger partial charge in [0.25, 0.3) is 12.3 Å². The molecule has 16 nitrogen and oxygen atoms in total. The Hall–Kier alpha value is -5.49. The van der Waals surface area contributed by atoms with Crippen LogP contribution in [0.1, 0.15) is 91.5 Å². The Bertz CT molecular complexity index is 2270. The number of nitrogens with zero attached hydrogens (tertiary/aromatic N) is 9. The standard InChI is InChI=1S/C39H49F2N13O3/c1-50(24-11-16-52(17-12-24)26-7-8-27-31(19-26)51(2)48-34(27)28-9-10-33(55)47-38(28)56)21-23-3-5-25(6-4-23)54-22-30(35(49-54)36(40)41)45-39(57)29-20-44-53-18-13-32(43-15-14-42)46-37(29)53/h7-8,13,18-20,22-25,28,36H,3-6,9-12,14-17,21,42H2,1-2H3,(H,43,46)(H,45,57)(H,47,55,56). The van der Waals surface area contributed by atoms with Crippen LogP contribution < -0.4 is 26.6 Å². The van der Waals surface area contributed by atoms with Crippen molar-refractivity contribution in [3.8, 4) is 0 Å². The molecule has 4 aromatic heterocycles. The lowest BCUT2D eigenvalue weighted by atomic mass is 9.85. The lowest BCUT2D eigenvalue weighted by Crippen LogP contribution is -2.45. The number of piperidine rings is 2. The van der Waals surface area contributed by atoms with E-state index in [1.807, 2.05) is 11.7 Å². The van der Waals surface area contributed by atoms with Crippen LogP contribution in [0.25, 0.3) is 16.6 Å². The highest BCUT2D eigenvalue weighted by molar-refractivity contribution is 6.08. The highest BCUT2D eigenvalue weighted by Gasteiger charge is 2.33. The second-order valence-corrected chi connectivity index (χ2v) is 15.6. The first-order valence-electron chi connectivity index (χ1n) is 19.8. The minimum atomic E-state index is -2.86. The Kier molecular flexibility index (Phi) is 10.9. The first-order chi connectivity index (χ1) is 27.6. The maximum Gasteiger partial charge on any atom is 0.284 e. The number of carbonyl (C=O) groups is 3. The van der Waals surface area contributed by atoms with E-state index in [1.165, 1.54) is 16.9 Å². The number of carbonyl (C=O) groups excluding carboxylic acids is 3. The van der Waals surface area contributed by atoms with Gasteiger partial charge in [0.2, 0.25) is 11.8 Å². The summed E-state index contributed by atoms with van der Waals surface area (Å²) in [6, 6.07) is 8.45. The maximum atomic E-state index is 14.2. The van der Waals surface area contributed by atoms with E-state index in [0.717, 1.165) is 80.4 Å². The lowest BCUT2D eigenvalue weighted by Gasteiger charge is -2.40. The van der Waals surface area contributed by atoms with Gasteiger partial charge in [0.15, 0.2) is 11.3 Å². The van der Waals surface area contributed by atoms with Crippen molar-refractivity contribution >= 4 is 51.5 Å². The molecule has 1 saturated carbocycles. The van der Waals surface area contributed by atoms with E-state index in [0.29, 0.717) is 49.4 Å². The van der Waals surface area contributed by atoms with Gasteiger partial charge < -0.3 is 26.2 Å². The van der Waals surface area contributed by atoms with Crippen LogP contribution in [0.15, 0.2) is 42.9 Å². The Labute approximate surface area is 328 Å². The molecular weight excluding hydrogens is 737 g/mol. The second kappa shape index (κ2) is 16.2. The molecule has 1 atom stereocenters. The Morgan fingerprint density at radius 1 is 1.07 bits per heavy atom. The smallest absolute Gasteiger partial charge is 0.284 e. The number of aromatic nitrogens is 7. The third-order valence-electron chi connectivity index (χ3n) is 11.9. The summed E-state index contributed by atoms with van der Waals surface area (Å²) in [6.07, 6.45) is 8.09. The van der Waals surface area contributed by atoms with E-state index >= 15 is 0 Å². The number of imide groups is 1. The number of rotatable bonds is 12. The molecule has 302 valence electrons. The van der Waals surface area contributed by atoms with Crippen LogP contribution in [0, 0.1) is 5.92 Å². The van der Waals surface area contributed by atoms with Crippen molar-refractivity contribution < 1.29 is 23.2 Å². The van der Waals surface area contributed by atoms with Crippen LogP contribution in [0.5, 0.6) is 0 Å². The zero-order chi connectivity index (χ0) is 39.8. The Balaban J connectivity index is 0.839. The first-order valence-corrected chi connectivity index (χ1v) is 19.8. The summed E-state index contributed by atoms with van der Waals surface area (Å²) in [5.74, 6) is -0.517. The van der Waals surface area contributed by atoms with Gasteiger partial charge in [0, 0.05) is 75.7 Å². The van der Waals surface area contributed by atoms with E-state index in [4.69, 9.17) is 10.8 Å². The summed E-state index contributed by atoms with van der Waals surface area (Å²) >= 11 is 0. The van der Waals surface area contributed by atoms with E-state index in [9.17, 15) is 23.2 Å². The van der Waals surface area contributed by atoms with Gasteiger partial charge in [-0.05, 0) is 82.2 Å². The minimum Gasteiger partial charge on any atom is -0.371 e. The Morgan fingerprint density at radius 2 is 1.86 bits per heavy atom. The second-order valence-electron chi connectivity index (χ2n) is 15.6. The zero-order valence-corrected chi connectivity index (χ0v) is 32.2. The summed E-state index contributed by atoms with van der Waals surface area (Å²) in [5.41, 5.74) is 8.37. The van der Waals surface area contributed by atoms with E-state index in [-0.39, 0.29) is 29.1 Å². The van der Waals surface area contributed by atoms with Crippen molar-refractivity contribution in [2.45, 2.75) is 75.8 Å². The predicted molar refractivity (Wildman–Crippen MR) is 210 cm³/mol. The molecule has 57 heavy (non-hydrogen) atoms. The molecule has 0 bridgehead atoms. The van der Waals surface area contributed by atoms with Crippen LogP contribution >= 0.6 is 0 Å². The third kappa shape index (κ3) is 7.92. The number of alkyl halides is 2. The average molecular weight is 786 g/mol. The normalized spacial score (nSPS) is 20.9. The lowest BCUT2D eigenvalue weighted by molar-refractivity contribution is -0.134. The van der Waals surface area contributed by atoms with Crippen LogP contribution in [0.2, 0.25) is 0 Å². The van der Waals surface area contributed by atoms with Gasteiger partial charge in [-0.25, -0.2) is 18.3 Å². The molecule has 2 saturated heterocycles. The molecule has 1 aliphatic carbocycles. The van der Waals surface area contributed by atoms with Gasteiger partial charge in [-0.1, -0.05) is 0 Å². The van der Waals surface area contributed by atoms with Gasteiger partial charge in [-0.15, -0.1) is 0 Å². The average Bonchev–Trinajstić information content (AvgIpc) is 3.92. The number of hydrogen-bond acceptors (Lipinski definition) is 11. The van der Waals surface area contributed by atoms with E-state index < -0.39 is 23.9 Å². The molecule has 5 N–H and O–H groups in total. The van der Waals surface area contributed by atoms with Crippen molar-refractivity contribution in [3.05, 3.63) is 59.8 Å². The summed E-state index contributed by atoms with van der Waals surface area (Å²) in [7, 11) is 4.10. The van der Waals surface area contributed by atoms with Crippen molar-refractivity contribution in [1.82, 2.24) is 44.4 Å². The number of halogens is 2. The van der Waals surface area contributed by atoms with Crippen molar-refractivity contribution in [2.75, 3.05) is 55.3 Å². The molecule has 0 spiro atoms. The predicted octanol–water partition coefficient (Wildman–Crippen LogP) is 4.23. The number of nitrogens with two attached hydrogens (primary N) is 1. The molecule has 3 amide bonds. The Morgan fingerprint density at radius 3 is 2.60 bits per heavy atom. The summed E-state index contributed by atoms with van der Waals surface area (Å²) < 4.78 is 33.3. The highest BCUT2D eigenvalue weighted by Crippen LogP contribution is 2.37. The molecule has 3 fully saturated rings. The van der Waals surface area contributed by atoms with Gasteiger partial charge >= 0.3 is 0 Å². The fourth-order valence-corrected chi connectivity index (χ4v) is 8.76. The molecule has 18 heteroatoms. The fourth-order valence-electron chi connectivity index (χ4n) is 8.76. The quantitative estimate of drug-likeness (QED) is 0.133. The molecule has 0 radical (unpaired) electrons. The number of benzene rings is 1. The number of nitrogens with one attached hydrogen (secondary N) is 3. The molecule has 1 aromatic carbocycles. The molecule has 3 aliphatic rings. The van der Waals surface area contributed by atoms with Crippen LogP contribution in [-0.4, -0.2) is 103 Å². The van der Waals surface area contributed by atoms with Gasteiger partial charge in [-0.3, -0.25) is 29.1 Å². The largest absolute Gasteiger partial charge is 0.371 e. The third-order valence-corrected chi connectivity index (χ3v) is 11.9. The summed E-state index contributed by atoms with van der Waals surface area (Å²) in [4.78, 5) is 46.9.